The van der Waals surface area contributed by atoms with E-state index in [4.69, 9.17) is 31.5 Å². The quantitative estimate of drug-likeness (QED) is 0.567. The second kappa shape index (κ2) is 9.19. The summed E-state index contributed by atoms with van der Waals surface area (Å²) in [4.78, 5) is 27.8. The van der Waals surface area contributed by atoms with E-state index in [9.17, 15) is 9.59 Å². The topological polar surface area (TPSA) is 118 Å². The molecule has 2 aromatic carbocycles. The van der Waals surface area contributed by atoms with E-state index in [1.165, 1.54) is 26.4 Å². The maximum absolute atomic E-state index is 12.8. The molecule has 0 saturated heterocycles. The minimum Gasteiger partial charge on any atom is -0.493 e. The van der Waals surface area contributed by atoms with Gasteiger partial charge >= 0.3 is 0 Å². The van der Waals surface area contributed by atoms with Crippen LogP contribution in [0, 0.1) is 0 Å². The summed E-state index contributed by atoms with van der Waals surface area (Å²) in [5.41, 5.74) is 6.60. The number of carbonyl (C=O) groups excluding carboxylic acids is 2. The fourth-order valence-corrected chi connectivity index (χ4v) is 2.97. The molecule has 0 aliphatic rings. The van der Waals surface area contributed by atoms with Gasteiger partial charge in [0.1, 0.15) is 0 Å². The smallest absolute Gasteiger partial charge is 0.255 e. The first-order valence-corrected chi connectivity index (χ1v) is 9.07. The first kappa shape index (κ1) is 21.0. The van der Waals surface area contributed by atoms with Gasteiger partial charge in [-0.25, -0.2) is 4.98 Å². The van der Waals surface area contributed by atoms with E-state index in [1.54, 1.807) is 41.5 Å². The molecule has 0 bridgehead atoms. The molecule has 1 heterocycles. The molecule has 10 heteroatoms. The summed E-state index contributed by atoms with van der Waals surface area (Å²) in [6.07, 6.45) is 5.03. The van der Waals surface area contributed by atoms with Crippen molar-refractivity contribution in [3.05, 3.63) is 59.6 Å². The standard InChI is InChI=1S/C20H19ClN4O5/c1-28-16-7-12(8-17(29-2)19(16)30-10-18(22)26)20(27)24-13-3-4-15(14(21)9-13)25-6-5-23-11-25/h3-9,11H,10H2,1-2H3,(H2,22,26)(H,24,27). The Bertz CT molecular complexity index is 1040. The van der Waals surface area contributed by atoms with E-state index in [2.05, 4.69) is 10.3 Å². The van der Waals surface area contributed by atoms with Gasteiger partial charge in [0.05, 0.1) is 31.3 Å². The highest BCUT2D eigenvalue weighted by Crippen LogP contribution is 2.38. The fourth-order valence-electron chi connectivity index (χ4n) is 2.70. The highest BCUT2D eigenvalue weighted by Gasteiger charge is 2.19. The van der Waals surface area contributed by atoms with Crippen molar-refractivity contribution in [2.24, 2.45) is 5.73 Å². The van der Waals surface area contributed by atoms with Gasteiger partial charge in [0.25, 0.3) is 11.8 Å². The summed E-state index contributed by atoms with van der Waals surface area (Å²) in [7, 11) is 2.81. The van der Waals surface area contributed by atoms with Crippen LogP contribution in [0.15, 0.2) is 49.1 Å². The Morgan fingerprint density at radius 3 is 2.40 bits per heavy atom. The second-order valence-corrected chi connectivity index (χ2v) is 6.46. The number of nitrogens with zero attached hydrogens (tertiary/aromatic N) is 2. The molecule has 3 aromatic rings. The molecule has 0 unspecified atom stereocenters. The Labute approximate surface area is 177 Å². The van der Waals surface area contributed by atoms with Crippen molar-refractivity contribution in [2.75, 3.05) is 26.1 Å². The number of hydrogen-bond acceptors (Lipinski definition) is 6. The SMILES string of the molecule is COc1cc(C(=O)Nc2ccc(-n3ccnc3)c(Cl)c2)cc(OC)c1OCC(N)=O. The summed E-state index contributed by atoms with van der Waals surface area (Å²) in [6.45, 7) is -0.361. The minimum absolute atomic E-state index is 0.170. The summed E-state index contributed by atoms with van der Waals surface area (Å²) in [6, 6.07) is 8.05. The summed E-state index contributed by atoms with van der Waals surface area (Å²) >= 11 is 6.33. The number of rotatable bonds is 8. The highest BCUT2D eigenvalue weighted by molar-refractivity contribution is 6.32. The van der Waals surface area contributed by atoms with Crippen molar-refractivity contribution in [3.8, 4) is 22.9 Å². The molecule has 0 aliphatic heterocycles. The van der Waals surface area contributed by atoms with Crippen molar-refractivity contribution in [2.45, 2.75) is 0 Å². The van der Waals surface area contributed by atoms with Gasteiger partial charge in [-0.15, -0.1) is 0 Å². The number of anilines is 1. The molecule has 0 spiro atoms. The first-order valence-electron chi connectivity index (χ1n) is 8.69. The number of ether oxygens (including phenoxy) is 3. The third-order valence-electron chi connectivity index (χ3n) is 4.07. The zero-order valence-electron chi connectivity index (χ0n) is 16.2. The number of aromatic nitrogens is 2. The maximum atomic E-state index is 12.8. The molecular weight excluding hydrogens is 412 g/mol. The van der Waals surface area contributed by atoms with Gasteiger partial charge < -0.3 is 29.8 Å². The number of imidazole rings is 1. The molecule has 2 amide bonds. The zero-order valence-corrected chi connectivity index (χ0v) is 17.0. The van der Waals surface area contributed by atoms with Crippen LogP contribution >= 0.6 is 11.6 Å². The average molecular weight is 431 g/mol. The molecule has 3 N–H and O–H groups in total. The van der Waals surface area contributed by atoms with Gasteiger partial charge in [0, 0.05) is 23.6 Å². The Morgan fingerprint density at radius 2 is 1.87 bits per heavy atom. The van der Waals surface area contributed by atoms with E-state index in [0.29, 0.717) is 10.7 Å². The molecule has 1 aromatic heterocycles. The molecule has 0 fully saturated rings. The minimum atomic E-state index is -0.656. The summed E-state index contributed by atoms with van der Waals surface area (Å²) in [5.74, 6) is -0.469. The van der Waals surface area contributed by atoms with Crippen molar-refractivity contribution in [3.63, 3.8) is 0 Å². The maximum Gasteiger partial charge on any atom is 0.255 e. The Balaban J connectivity index is 1.84. The van der Waals surface area contributed by atoms with E-state index in [0.717, 1.165) is 5.69 Å². The number of amides is 2. The number of halogens is 1. The number of benzene rings is 2. The van der Waals surface area contributed by atoms with Crippen LogP contribution in [0.4, 0.5) is 5.69 Å². The molecule has 0 radical (unpaired) electrons. The lowest BCUT2D eigenvalue weighted by atomic mass is 10.1. The lowest BCUT2D eigenvalue weighted by Crippen LogP contribution is -2.20. The number of nitrogens with two attached hydrogens (primary N) is 1. The lowest BCUT2D eigenvalue weighted by molar-refractivity contribution is -0.120. The predicted molar refractivity (Wildman–Crippen MR) is 111 cm³/mol. The summed E-state index contributed by atoms with van der Waals surface area (Å²) < 4.78 is 17.6. The van der Waals surface area contributed by atoms with Gasteiger partial charge in [0.15, 0.2) is 18.1 Å². The van der Waals surface area contributed by atoms with Crippen LogP contribution < -0.4 is 25.3 Å². The van der Waals surface area contributed by atoms with Crippen molar-refractivity contribution >= 4 is 29.1 Å². The molecule has 0 saturated carbocycles. The van der Waals surface area contributed by atoms with E-state index < -0.39 is 11.8 Å². The Morgan fingerprint density at radius 1 is 1.17 bits per heavy atom. The fraction of sp³-hybridized carbons (Fsp3) is 0.150. The van der Waals surface area contributed by atoms with Crippen LogP contribution in [-0.2, 0) is 4.79 Å². The first-order chi connectivity index (χ1) is 14.4. The molecule has 3 rings (SSSR count). The molecule has 156 valence electrons. The Hall–Kier alpha value is -3.72. The van der Waals surface area contributed by atoms with Crippen LogP contribution in [0.2, 0.25) is 5.02 Å². The monoisotopic (exact) mass is 430 g/mol. The van der Waals surface area contributed by atoms with Crippen LogP contribution in [0.3, 0.4) is 0 Å². The third kappa shape index (κ3) is 4.64. The predicted octanol–water partition coefficient (Wildman–Crippen LogP) is 2.66. The number of nitrogens with one attached hydrogen (secondary N) is 1. The molecular formula is C20H19ClN4O5. The van der Waals surface area contributed by atoms with E-state index in [1.807, 2.05) is 0 Å². The molecule has 9 nitrogen and oxygen atoms in total. The highest BCUT2D eigenvalue weighted by atomic mass is 35.5. The second-order valence-electron chi connectivity index (χ2n) is 6.06. The summed E-state index contributed by atoms with van der Waals surface area (Å²) in [5, 5.41) is 3.21. The number of primary amides is 1. The number of carbonyl (C=O) groups is 2. The van der Waals surface area contributed by atoms with E-state index in [-0.39, 0.29) is 29.4 Å². The van der Waals surface area contributed by atoms with Gasteiger partial charge in [-0.1, -0.05) is 11.6 Å². The average Bonchev–Trinajstić information content (AvgIpc) is 3.26. The normalized spacial score (nSPS) is 10.4. The van der Waals surface area contributed by atoms with Crippen LogP contribution in [0.25, 0.3) is 5.69 Å². The lowest BCUT2D eigenvalue weighted by Gasteiger charge is -2.15. The number of hydrogen-bond donors (Lipinski definition) is 2. The van der Waals surface area contributed by atoms with Gasteiger partial charge in [0.2, 0.25) is 5.75 Å². The molecule has 0 aliphatic carbocycles. The van der Waals surface area contributed by atoms with Crippen molar-refractivity contribution in [1.82, 2.24) is 9.55 Å². The van der Waals surface area contributed by atoms with Gasteiger partial charge in [-0.3, -0.25) is 9.59 Å². The number of methoxy groups -OCH3 is 2. The molecule has 30 heavy (non-hydrogen) atoms. The van der Waals surface area contributed by atoms with Gasteiger partial charge in [-0.2, -0.15) is 0 Å². The van der Waals surface area contributed by atoms with Crippen molar-refractivity contribution in [1.29, 1.82) is 0 Å². The van der Waals surface area contributed by atoms with Gasteiger partial charge in [-0.05, 0) is 30.3 Å². The zero-order chi connectivity index (χ0) is 21.7. The van der Waals surface area contributed by atoms with Crippen molar-refractivity contribution < 1.29 is 23.8 Å². The van der Waals surface area contributed by atoms with Crippen LogP contribution in [0.5, 0.6) is 17.2 Å². The van der Waals surface area contributed by atoms with Crippen LogP contribution in [0.1, 0.15) is 10.4 Å². The largest absolute Gasteiger partial charge is 0.493 e. The Kier molecular flexibility index (Phi) is 6.43. The van der Waals surface area contributed by atoms with Crippen LogP contribution in [-0.4, -0.2) is 42.2 Å². The third-order valence-corrected chi connectivity index (χ3v) is 4.37. The van der Waals surface area contributed by atoms with E-state index >= 15 is 0 Å². The molecule has 0 atom stereocenters.